The second-order valence-electron chi connectivity index (χ2n) is 5.61. The molecule has 1 aromatic carbocycles. The number of thioether (sulfide) groups is 1. The number of nitrogens with one attached hydrogen (secondary N) is 1. The van der Waals surface area contributed by atoms with Crippen molar-refractivity contribution in [3.05, 3.63) is 22.7 Å². The number of rotatable bonds is 4. The van der Waals surface area contributed by atoms with Crippen LogP contribution in [0.2, 0.25) is 0 Å². The molecule has 0 atom stereocenters. The molecule has 114 valence electrons. The summed E-state index contributed by atoms with van der Waals surface area (Å²) in [6.45, 7) is 0.863. The number of halogens is 1. The molecule has 0 unspecified atom stereocenters. The highest BCUT2D eigenvalue weighted by Crippen LogP contribution is 2.42. The predicted octanol–water partition coefficient (Wildman–Crippen LogP) is 4.52. The molecular formula is C15H19FN2OS2. The molecule has 0 radical (unpaired) electrons. The van der Waals surface area contributed by atoms with Gasteiger partial charge in [0.25, 0.3) is 0 Å². The van der Waals surface area contributed by atoms with E-state index in [0.29, 0.717) is 4.77 Å². The van der Waals surface area contributed by atoms with E-state index in [4.69, 9.17) is 17.0 Å². The van der Waals surface area contributed by atoms with E-state index in [1.165, 1.54) is 38.9 Å². The highest BCUT2D eigenvalue weighted by Gasteiger charge is 2.34. The van der Waals surface area contributed by atoms with Crippen molar-refractivity contribution in [3.8, 4) is 5.75 Å². The second-order valence-corrected chi connectivity index (χ2v) is 7.28. The number of ether oxygens (including phenoxy) is 1. The van der Waals surface area contributed by atoms with E-state index in [1.54, 1.807) is 6.07 Å². The van der Waals surface area contributed by atoms with Gasteiger partial charge in [0.05, 0.1) is 18.1 Å². The standard InChI is InChI=1S/C15H19FN2OS2/c1-19-13-8-12-11(7-10(13)16)17-14(20)18(12)9-15(21-2)5-3-4-6-15/h7-8H,3-6,9H2,1-2H3,(H,17,20). The number of hydrogen-bond acceptors (Lipinski definition) is 3. The van der Waals surface area contributed by atoms with Gasteiger partial charge in [-0.1, -0.05) is 12.8 Å². The summed E-state index contributed by atoms with van der Waals surface area (Å²) < 4.78 is 21.9. The lowest BCUT2D eigenvalue weighted by molar-refractivity contribution is 0.387. The molecule has 0 aliphatic heterocycles. The molecular weight excluding hydrogens is 307 g/mol. The molecule has 0 spiro atoms. The molecule has 6 heteroatoms. The van der Waals surface area contributed by atoms with Crippen LogP contribution in [-0.4, -0.2) is 27.7 Å². The van der Waals surface area contributed by atoms with Crippen molar-refractivity contribution in [1.82, 2.24) is 9.55 Å². The molecule has 3 rings (SSSR count). The maximum atomic E-state index is 13.8. The van der Waals surface area contributed by atoms with Gasteiger partial charge in [-0.15, -0.1) is 0 Å². The van der Waals surface area contributed by atoms with Crippen molar-refractivity contribution in [2.75, 3.05) is 13.4 Å². The molecule has 1 aliphatic carbocycles. The van der Waals surface area contributed by atoms with Gasteiger partial charge in [-0.3, -0.25) is 0 Å². The lowest BCUT2D eigenvalue weighted by atomic mass is 10.1. The number of fused-ring (bicyclic) bond motifs is 1. The van der Waals surface area contributed by atoms with E-state index < -0.39 is 0 Å². The first-order chi connectivity index (χ1) is 10.1. The molecule has 0 saturated heterocycles. The van der Waals surface area contributed by atoms with Crippen LogP contribution >= 0.6 is 24.0 Å². The summed E-state index contributed by atoms with van der Waals surface area (Å²) in [7, 11) is 1.48. The van der Waals surface area contributed by atoms with Crippen molar-refractivity contribution in [2.24, 2.45) is 0 Å². The van der Waals surface area contributed by atoms with Crippen LogP contribution in [0.3, 0.4) is 0 Å². The Bertz CT molecular complexity index is 716. The van der Waals surface area contributed by atoms with Gasteiger partial charge in [0.1, 0.15) is 0 Å². The van der Waals surface area contributed by atoms with E-state index >= 15 is 0 Å². The average molecular weight is 326 g/mol. The smallest absolute Gasteiger partial charge is 0.178 e. The van der Waals surface area contributed by atoms with Crippen molar-refractivity contribution < 1.29 is 9.13 Å². The summed E-state index contributed by atoms with van der Waals surface area (Å²) in [5, 5.41) is 0. The Morgan fingerprint density at radius 1 is 1.43 bits per heavy atom. The number of benzene rings is 1. The molecule has 1 saturated carbocycles. The Labute approximate surface area is 132 Å². The van der Waals surface area contributed by atoms with E-state index in [1.807, 2.05) is 11.8 Å². The zero-order chi connectivity index (χ0) is 15.0. The molecule has 1 fully saturated rings. The summed E-state index contributed by atoms with van der Waals surface area (Å²) >= 11 is 7.36. The van der Waals surface area contributed by atoms with Crippen LogP contribution in [0, 0.1) is 10.6 Å². The highest BCUT2D eigenvalue weighted by atomic mass is 32.2. The molecule has 1 heterocycles. The maximum Gasteiger partial charge on any atom is 0.178 e. The SMILES string of the molecule is COc1cc2c(cc1F)[nH]c(=S)n2CC1(SC)CCCC1. The summed E-state index contributed by atoms with van der Waals surface area (Å²) in [6, 6.07) is 3.20. The predicted molar refractivity (Wildman–Crippen MR) is 88.3 cm³/mol. The highest BCUT2D eigenvalue weighted by molar-refractivity contribution is 8.00. The number of nitrogens with zero attached hydrogens (tertiary/aromatic N) is 1. The van der Waals surface area contributed by atoms with Crippen LogP contribution in [0.15, 0.2) is 12.1 Å². The van der Waals surface area contributed by atoms with Gasteiger partial charge in [0.2, 0.25) is 0 Å². The van der Waals surface area contributed by atoms with Crippen LogP contribution in [0.1, 0.15) is 25.7 Å². The number of aromatic nitrogens is 2. The Morgan fingerprint density at radius 3 is 2.76 bits per heavy atom. The lowest BCUT2D eigenvalue weighted by Crippen LogP contribution is -2.26. The minimum Gasteiger partial charge on any atom is -0.494 e. The number of hydrogen-bond donors (Lipinski definition) is 1. The van der Waals surface area contributed by atoms with E-state index in [9.17, 15) is 4.39 Å². The van der Waals surface area contributed by atoms with Gasteiger partial charge >= 0.3 is 0 Å². The molecule has 0 amide bonds. The van der Waals surface area contributed by atoms with Gasteiger partial charge < -0.3 is 14.3 Å². The first-order valence-electron chi connectivity index (χ1n) is 7.10. The average Bonchev–Trinajstić information content (AvgIpc) is 3.05. The quantitative estimate of drug-likeness (QED) is 0.838. The van der Waals surface area contributed by atoms with Crippen molar-refractivity contribution >= 4 is 35.0 Å². The van der Waals surface area contributed by atoms with Gasteiger partial charge in [-0.05, 0) is 31.3 Å². The zero-order valence-corrected chi connectivity index (χ0v) is 13.9. The molecule has 2 aromatic rings. The Hall–Kier alpha value is -1.01. The van der Waals surface area contributed by atoms with E-state index in [-0.39, 0.29) is 16.3 Å². The van der Waals surface area contributed by atoms with E-state index in [2.05, 4.69) is 15.8 Å². The van der Waals surface area contributed by atoms with Crippen LogP contribution in [-0.2, 0) is 6.54 Å². The summed E-state index contributed by atoms with van der Waals surface area (Å²) in [5.41, 5.74) is 1.64. The monoisotopic (exact) mass is 326 g/mol. The summed E-state index contributed by atoms with van der Waals surface area (Å²) in [4.78, 5) is 3.11. The second kappa shape index (κ2) is 5.65. The third-order valence-corrected chi connectivity index (χ3v) is 6.17. The number of methoxy groups -OCH3 is 1. The molecule has 1 aromatic heterocycles. The third-order valence-electron chi connectivity index (χ3n) is 4.44. The summed E-state index contributed by atoms with van der Waals surface area (Å²) in [5.74, 6) is -0.108. The fraction of sp³-hybridized carbons (Fsp3) is 0.533. The number of imidazole rings is 1. The third kappa shape index (κ3) is 2.59. The molecule has 1 N–H and O–H groups in total. The Morgan fingerprint density at radius 2 is 2.14 bits per heavy atom. The topological polar surface area (TPSA) is 29.9 Å². The maximum absolute atomic E-state index is 13.8. The van der Waals surface area contributed by atoms with Gasteiger partial charge in [-0.2, -0.15) is 11.8 Å². The lowest BCUT2D eigenvalue weighted by Gasteiger charge is -2.27. The van der Waals surface area contributed by atoms with Gasteiger partial charge in [0.15, 0.2) is 16.3 Å². The number of H-pyrrole nitrogens is 1. The zero-order valence-electron chi connectivity index (χ0n) is 12.2. The van der Waals surface area contributed by atoms with Gasteiger partial charge in [0, 0.05) is 23.4 Å². The Balaban J connectivity index is 2.09. The van der Waals surface area contributed by atoms with Crippen LogP contribution < -0.4 is 4.74 Å². The minimum absolute atomic E-state index is 0.245. The fourth-order valence-corrected chi connectivity index (χ4v) is 4.43. The first-order valence-corrected chi connectivity index (χ1v) is 8.73. The molecule has 3 nitrogen and oxygen atoms in total. The van der Waals surface area contributed by atoms with Crippen LogP contribution in [0.5, 0.6) is 5.75 Å². The van der Waals surface area contributed by atoms with Crippen molar-refractivity contribution in [2.45, 2.75) is 37.0 Å². The first kappa shape index (κ1) is 14.9. The van der Waals surface area contributed by atoms with Gasteiger partial charge in [-0.25, -0.2) is 4.39 Å². The summed E-state index contributed by atoms with van der Waals surface area (Å²) in [6.07, 6.45) is 7.13. The molecule has 0 bridgehead atoms. The largest absolute Gasteiger partial charge is 0.494 e. The van der Waals surface area contributed by atoms with Crippen molar-refractivity contribution in [1.29, 1.82) is 0 Å². The Kier molecular flexibility index (Phi) is 4.01. The minimum atomic E-state index is -0.367. The molecule has 21 heavy (non-hydrogen) atoms. The van der Waals surface area contributed by atoms with Crippen molar-refractivity contribution in [3.63, 3.8) is 0 Å². The normalized spacial score (nSPS) is 17.5. The molecule has 1 aliphatic rings. The van der Waals surface area contributed by atoms with Crippen LogP contribution in [0.4, 0.5) is 4.39 Å². The van der Waals surface area contributed by atoms with Crippen LogP contribution in [0.25, 0.3) is 11.0 Å². The fourth-order valence-electron chi connectivity index (χ4n) is 3.21. The number of aromatic amines is 1. The van der Waals surface area contributed by atoms with E-state index in [0.717, 1.165) is 17.6 Å².